The van der Waals surface area contributed by atoms with Crippen LogP contribution in [-0.4, -0.2) is 30.5 Å². The summed E-state index contributed by atoms with van der Waals surface area (Å²) in [4.78, 5) is 10.1. The first-order valence-electron chi connectivity index (χ1n) is 2.72. The standard InChI is InChI=1S/C4H8NO5P/c5-4(7)10-3(1-6)2-9-11-8/h3,6H,1-2H2,(H2,5,7). The summed E-state index contributed by atoms with van der Waals surface area (Å²) in [5, 5.41) is 8.48. The number of nitrogens with two attached hydrogens (primary N) is 1. The van der Waals surface area contributed by atoms with Crippen molar-refractivity contribution in [2.75, 3.05) is 13.2 Å². The number of primary amides is 1. The summed E-state index contributed by atoms with van der Waals surface area (Å²) in [7, 11) is -0.532. The Morgan fingerprint density at radius 1 is 1.73 bits per heavy atom. The van der Waals surface area contributed by atoms with E-state index in [0.29, 0.717) is 0 Å². The molecule has 1 amide bonds. The zero-order valence-corrected chi connectivity index (χ0v) is 6.49. The maximum Gasteiger partial charge on any atom is 0.404 e. The fourth-order valence-corrected chi connectivity index (χ4v) is 0.629. The Hall–Kier alpha value is -0.710. The van der Waals surface area contributed by atoms with Crippen LogP contribution in [0, 0.1) is 0 Å². The average Bonchev–Trinajstić information content (AvgIpc) is 1.97. The van der Waals surface area contributed by atoms with Gasteiger partial charge in [0.15, 0.2) is 6.10 Å². The molecule has 6 nitrogen and oxygen atoms in total. The van der Waals surface area contributed by atoms with Crippen molar-refractivity contribution in [3.8, 4) is 0 Å². The number of rotatable bonds is 5. The number of ether oxygens (including phenoxy) is 1. The van der Waals surface area contributed by atoms with Crippen LogP contribution in [0.2, 0.25) is 0 Å². The summed E-state index contributed by atoms with van der Waals surface area (Å²) >= 11 is 0. The van der Waals surface area contributed by atoms with Crippen molar-refractivity contribution in [1.82, 2.24) is 0 Å². The largest absolute Gasteiger partial charge is 0.441 e. The van der Waals surface area contributed by atoms with E-state index < -0.39 is 27.5 Å². The summed E-state index contributed by atoms with van der Waals surface area (Å²) in [5.74, 6) is 0. The molecule has 7 heteroatoms. The third-order valence-electron chi connectivity index (χ3n) is 0.800. The van der Waals surface area contributed by atoms with Crippen LogP contribution in [0.25, 0.3) is 0 Å². The lowest BCUT2D eigenvalue weighted by atomic mass is 10.4. The van der Waals surface area contributed by atoms with Crippen LogP contribution >= 0.6 is 8.69 Å². The van der Waals surface area contributed by atoms with E-state index in [0.717, 1.165) is 0 Å². The zero-order chi connectivity index (χ0) is 8.69. The van der Waals surface area contributed by atoms with Crippen LogP contribution in [0.5, 0.6) is 0 Å². The molecule has 1 atom stereocenters. The van der Waals surface area contributed by atoms with Crippen molar-refractivity contribution in [3.63, 3.8) is 0 Å². The van der Waals surface area contributed by atoms with E-state index in [1.807, 2.05) is 0 Å². The Morgan fingerprint density at radius 2 is 2.36 bits per heavy atom. The topological polar surface area (TPSA) is 98.9 Å². The second-order valence-electron chi connectivity index (χ2n) is 1.61. The molecule has 0 rings (SSSR count). The van der Waals surface area contributed by atoms with Crippen LogP contribution < -0.4 is 5.73 Å². The smallest absolute Gasteiger partial charge is 0.404 e. The predicted molar refractivity (Wildman–Crippen MR) is 35.1 cm³/mol. The molecule has 3 N–H and O–H groups in total. The molecular formula is C4H8NO5P. The van der Waals surface area contributed by atoms with Gasteiger partial charge in [-0.1, -0.05) is 0 Å². The molecule has 0 aliphatic heterocycles. The molecule has 64 valence electrons. The number of hydrogen-bond acceptors (Lipinski definition) is 5. The minimum absolute atomic E-state index is 0.148. The number of amides is 1. The summed E-state index contributed by atoms with van der Waals surface area (Å²) in [5.41, 5.74) is 4.63. The molecule has 1 unspecified atom stereocenters. The van der Waals surface area contributed by atoms with E-state index in [-0.39, 0.29) is 6.61 Å². The molecule has 0 aromatic carbocycles. The monoisotopic (exact) mass is 181 g/mol. The molecule has 0 aromatic heterocycles. The molecule has 0 heterocycles. The Kier molecular flexibility index (Phi) is 5.64. The highest BCUT2D eigenvalue weighted by atomic mass is 31.1. The number of aliphatic hydroxyl groups is 1. The van der Waals surface area contributed by atoms with Gasteiger partial charge in [0, 0.05) is 0 Å². The van der Waals surface area contributed by atoms with Gasteiger partial charge in [-0.2, -0.15) is 0 Å². The Morgan fingerprint density at radius 3 is 2.73 bits per heavy atom. The van der Waals surface area contributed by atoms with Crippen LogP contribution in [0.4, 0.5) is 4.79 Å². The maximum atomic E-state index is 10.1. The molecular weight excluding hydrogens is 173 g/mol. The van der Waals surface area contributed by atoms with Crippen LogP contribution in [-0.2, 0) is 13.8 Å². The third kappa shape index (κ3) is 5.72. The van der Waals surface area contributed by atoms with Crippen LogP contribution in [0.1, 0.15) is 0 Å². The van der Waals surface area contributed by atoms with Gasteiger partial charge in [0.25, 0.3) is 0 Å². The first-order valence-corrected chi connectivity index (χ1v) is 3.45. The minimum atomic E-state index is -1.00. The Labute approximate surface area is 64.6 Å². The van der Waals surface area contributed by atoms with Crippen LogP contribution in [0.3, 0.4) is 0 Å². The van der Waals surface area contributed by atoms with Gasteiger partial charge >= 0.3 is 14.8 Å². The van der Waals surface area contributed by atoms with E-state index in [1.54, 1.807) is 0 Å². The van der Waals surface area contributed by atoms with E-state index in [2.05, 4.69) is 15.0 Å². The normalized spacial score (nSPS) is 12.8. The number of carbonyl (C=O) groups excluding carboxylic acids is 1. The lowest BCUT2D eigenvalue weighted by Gasteiger charge is -2.10. The van der Waals surface area contributed by atoms with Crippen molar-refractivity contribution in [1.29, 1.82) is 0 Å². The maximum absolute atomic E-state index is 10.1. The second-order valence-corrected chi connectivity index (χ2v) is 2.02. The summed E-state index contributed by atoms with van der Waals surface area (Å²) in [6, 6.07) is 0. The number of carbonyl (C=O) groups is 1. The minimum Gasteiger partial charge on any atom is -0.441 e. The van der Waals surface area contributed by atoms with Gasteiger partial charge in [-0.15, -0.1) is 0 Å². The molecule has 0 spiro atoms. The van der Waals surface area contributed by atoms with Crippen molar-refractivity contribution in [2.24, 2.45) is 5.73 Å². The van der Waals surface area contributed by atoms with E-state index in [4.69, 9.17) is 5.11 Å². The third-order valence-corrected chi connectivity index (χ3v) is 1.05. The van der Waals surface area contributed by atoms with Gasteiger partial charge in [0.2, 0.25) is 0 Å². The summed E-state index contributed by atoms with van der Waals surface area (Å²) in [6.45, 7) is -0.567. The van der Waals surface area contributed by atoms with E-state index in [9.17, 15) is 9.36 Å². The van der Waals surface area contributed by atoms with Gasteiger partial charge in [0.05, 0.1) is 13.2 Å². The molecule has 0 bridgehead atoms. The van der Waals surface area contributed by atoms with Crippen molar-refractivity contribution in [3.05, 3.63) is 0 Å². The quantitative estimate of drug-likeness (QED) is 0.565. The molecule has 0 aliphatic carbocycles. The molecule has 0 aromatic rings. The van der Waals surface area contributed by atoms with Gasteiger partial charge < -0.3 is 15.6 Å². The summed E-state index contributed by atoms with van der Waals surface area (Å²) < 4.78 is 18.4. The molecule has 0 saturated carbocycles. The fraction of sp³-hybridized carbons (Fsp3) is 0.750. The highest BCUT2D eigenvalue weighted by molar-refractivity contribution is 7.17. The summed E-state index contributed by atoms with van der Waals surface area (Å²) in [6.07, 6.45) is -1.86. The van der Waals surface area contributed by atoms with Gasteiger partial charge in [-0.25, -0.2) is 9.36 Å². The average molecular weight is 181 g/mol. The van der Waals surface area contributed by atoms with Gasteiger partial charge in [-0.05, 0) is 0 Å². The molecule has 0 aliphatic rings. The lowest BCUT2D eigenvalue weighted by molar-refractivity contribution is 0.0365. The highest BCUT2D eigenvalue weighted by Crippen LogP contribution is 1.99. The first-order chi connectivity index (χ1) is 5.20. The highest BCUT2D eigenvalue weighted by Gasteiger charge is 2.10. The second kappa shape index (κ2) is 6.03. The molecule has 0 saturated heterocycles. The Balaban J connectivity index is 3.57. The van der Waals surface area contributed by atoms with Gasteiger partial charge in [0.1, 0.15) is 0 Å². The van der Waals surface area contributed by atoms with Crippen molar-refractivity contribution >= 4 is 14.8 Å². The van der Waals surface area contributed by atoms with Crippen LogP contribution in [0.15, 0.2) is 0 Å². The Bertz CT molecular complexity index is 140. The van der Waals surface area contributed by atoms with E-state index in [1.165, 1.54) is 0 Å². The molecule has 0 radical (unpaired) electrons. The lowest BCUT2D eigenvalue weighted by Crippen LogP contribution is -2.28. The first kappa shape index (κ1) is 10.3. The van der Waals surface area contributed by atoms with Gasteiger partial charge in [-0.3, -0.25) is 4.52 Å². The SMILES string of the molecule is NC(=O)OC(CO)COP=O. The fourth-order valence-electron chi connectivity index (χ4n) is 0.402. The van der Waals surface area contributed by atoms with E-state index >= 15 is 0 Å². The zero-order valence-electron chi connectivity index (χ0n) is 5.60. The van der Waals surface area contributed by atoms with Crippen molar-refractivity contribution in [2.45, 2.75) is 6.10 Å². The number of aliphatic hydroxyl groups excluding tert-OH is 1. The number of hydrogen-bond donors (Lipinski definition) is 2. The van der Waals surface area contributed by atoms with Crippen molar-refractivity contribution < 1.29 is 23.7 Å². The predicted octanol–water partition coefficient (Wildman–Crippen LogP) is -0.334. The molecule has 0 fully saturated rings. The molecule has 11 heavy (non-hydrogen) atoms.